The first kappa shape index (κ1) is 7.92. The standard InChI is InChI=1S/C9H12N2/c1-7(2)8(3)9-4-5-10-6-11-9/h4-6H,1-3H3. The Morgan fingerprint density at radius 3 is 2.45 bits per heavy atom. The van der Waals surface area contributed by atoms with Crippen molar-refractivity contribution in [2.24, 2.45) is 0 Å². The van der Waals surface area contributed by atoms with Crippen LogP contribution in [0.5, 0.6) is 0 Å². The third-order valence-electron chi connectivity index (χ3n) is 1.72. The van der Waals surface area contributed by atoms with Gasteiger partial charge < -0.3 is 0 Å². The van der Waals surface area contributed by atoms with Crippen molar-refractivity contribution in [2.75, 3.05) is 0 Å². The van der Waals surface area contributed by atoms with E-state index >= 15 is 0 Å². The third-order valence-corrected chi connectivity index (χ3v) is 1.72. The molecule has 0 fully saturated rings. The molecule has 0 spiro atoms. The first-order valence-electron chi connectivity index (χ1n) is 3.62. The second-order valence-corrected chi connectivity index (χ2v) is 2.72. The molecule has 1 rings (SSSR count). The van der Waals surface area contributed by atoms with Gasteiger partial charge in [-0.2, -0.15) is 0 Å². The predicted octanol–water partition coefficient (Wildman–Crippen LogP) is 2.29. The maximum absolute atomic E-state index is 4.13. The van der Waals surface area contributed by atoms with Gasteiger partial charge in [-0.1, -0.05) is 5.57 Å². The lowest BCUT2D eigenvalue weighted by atomic mass is 10.1. The first-order chi connectivity index (χ1) is 5.22. The minimum atomic E-state index is 1.01. The van der Waals surface area contributed by atoms with E-state index in [4.69, 9.17) is 0 Å². The second-order valence-electron chi connectivity index (χ2n) is 2.72. The quantitative estimate of drug-likeness (QED) is 0.610. The van der Waals surface area contributed by atoms with Gasteiger partial charge in [0.05, 0.1) is 5.69 Å². The normalized spacial score (nSPS) is 9.36. The molecule has 1 aromatic heterocycles. The molecule has 0 radical (unpaired) electrons. The van der Waals surface area contributed by atoms with E-state index in [1.54, 1.807) is 12.5 Å². The molecule has 0 bridgehead atoms. The van der Waals surface area contributed by atoms with Gasteiger partial charge in [-0.15, -0.1) is 0 Å². The molecule has 0 aliphatic carbocycles. The summed E-state index contributed by atoms with van der Waals surface area (Å²) in [5, 5.41) is 0. The van der Waals surface area contributed by atoms with Crippen molar-refractivity contribution in [3.8, 4) is 0 Å². The fourth-order valence-electron chi connectivity index (χ4n) is 0.769. The highest BCUT2D eigenvalue weighted by atomic mass is 14.8. The lowest BCUT2D eigenvalue weighted by Crippen LogP contribution is -1.87. The van der Waals surface area contributed by atoms with Gasteiger partial charge in [0.15, 0.2) is 0 Å². The van der Waals surface area contributed by atoms with Gasteiger partial charge in [-0.05, 0) is 32.4 Å². The summed E-state index contributed by atoms with van der Waals surface area (Å²) in [7, 11) is 0. The molecule has 1 heterocycles. The van der Waals surface area contributed by atoms with E-state index in [-0.39, 0.29) is 0 Å². The lowest BCUT2D eigenvalue weighted by molar-refractivity contribution is 1.13. The van der Waals surface area contributed by atoms with Gasteiger partial charge in [0.2, 0.25) is 0 Å². The van der Waals surface area contributed by atoms with Crippen molar-refractivity contribution in [1.82, 2.24) is 9.97 Å². The van der Waals surface area contributed by atoms with Gasteiger partial charge in [-0.25, -0.2) is 9.97 Å². The van der Waals surface area contributed by atoms with Crippen LogP contribution in [0.3, 0.4) is 0 Å². The maximum atomic E-state index is 4.13. The number of aromatic nitrogens is 2. The Labute approximate surface area is 67.0 Å². The SMILES string of the molecule is CC(C)=C(C)c1ccncn1. The summed E-state index contributed by atoms with van der Waals surface area (Å²) in [4.78, 5) is 7.98. The third kappa shape index (κ3) is 1.87. The second kappa shape index (κ2) is 3.28. The fourth-order valence-corrected chi connectivity index (χ4v) is 0.769. The summed E-state index contributed by atoms with van der Waals surface area (Å²) in [6.45, 7) is 6.23. The molecule has 0 aromatic carbocycles. The van der Waals surface area contributed by atoms with E-state index in [0.717, 1.165) is 5.69 Å². The first-order valence-corrected chi connectivity index (χ1v) is 3.62. The van der Waals surface area contributed by atoms with E-state index in [9.17, 15) is 0 Å². The average Bonchev–Trinajstić information content (AvgIpc) is 2.05. The Hall–Kier alpha value is -1.18. The molecule has 0 saturated heterocycles. The van der Waals surface area contributed by atoms with Crippen LogP contribution in [0.15, 0.2) is 24.2 Å². The molecule has 2 nitrogen and oxygen atoms in total. The summed E-state index contributed by atoms with van der Waals surface area (Å²) in [6, 6.07) is 1.92. The predicted molar refractivity (Wildman–Crippen MR) is 46.0 cm³/mol. The minimum absolute atomic E-state index is 1.01. The number of hydrogen-bond acceptors (Lipinski definition) is 2. The van der Waals surface area contributed by atoms with E-state index in [1.165, 1.54) is 11.1 Å². The highest BCUT2D eigenvalue weighted by molar-refractivity contribution is 5.62. The van der Waals surface area contributed by atoms with Crippen LogP contribution in [-0.2, 0) is 0 Å². The Morgan fingerprint density at radius 2 is 2.00 bits per heavy atom. The molecule has 1 aromatic rings. The molecule has 0 saturated carbocycles. The molecule has 0 unspecified atom stereocenters. The average molecular weight is 148 g/mol. The highest BCUT2D eigenvalue weighted by Crippen LogP contribution is 2.13. The van der Waals surface area contributed by atoms with Crippen LogP contribution in [0.1, 0.15) is 26.5 Å². The van der Waals surface area contributed by atoms with Crippen molar-refractivity contribution < 1.29 is 0 Å². The molecular weight excluding hydrogens is 136 g/mol. The summed E-state index contributed by atoms with van der Waals surface area (Å²) in [5.41, 5.74) is 3.54. The lowest BCUT2D eigenvalue weighted by Gasteiger charge is -2.00. The van der Waals surface area contributed by atoms with E-state index in [1.807, 2.05) is 6.07 Å². The van der Waals surface area contributed by atoms with E-state index < -0.39 is 0 Å². The highest BCUT2D eigenvalue weighted by Gasteiger charge is 1.96. The molecule has 0 amide bonds. The Kier molecular flexibility index (Phi) is 2.36. The molecule has 58 valence electrons. The molecule has 0 aliphatic heterocycles. The van der Waals surface area contributed by atoms with Gasteiger partial charge in [0, 0.05) is 6.20 Å². The fraction of sp³-hybridized carbons (Fsp3) is 0.333. The van der Waals surface area contributed by atoms with Crippen molar-refractivity contribution in [1.29, 1.82) is 0 Å². The van der Waals surface area contributed by atoms with Gasteiger partial charge >= 0.3 is 0 Å². The van der Waals surface area contributed by atoms with E-state index in [2.05, 4.69) is 30.7 Å². The maximum Gasteiger partial charge on any atom is 0.116 e. The largest absolute Gasteiger partial charge is 0.245 e. The van der Waals surface area contributed by atoms with Gasteiger partial charge in [-0.3, -0.25) is 0 Å². The van der Waals surface area contributed by atoms with Gasteiger partial charge in [0.25, 0.3) is 0 Å². The Balaban J connectivity index is 3.04. The van der Waals surface area contributed by atoms with Crippen molar-refractivity contribution in [3.05, 3.63) is 29.9 Å². The zero-order chi connectivity index (χ0) is 8.27. The number of rotatable bonds is 1. The molecular formula is C9H12N2. The van der Waals surface area contributed by atoms with Crippen molar-refractivity contribution in [2.45, 2.75) is 20.8 Å². The minimum Gasteiger partial charge on any atom is -0.245 e. The van der Waals surface area contributed by atoms with Crippen LogP contribution in [-0.4, -0.2) is 9.97 Å². The smallest absolute Gasteiger partial charge is 0.116 e. The van der Waals surface area contributed by atoms with Crippen LogP contribution < -0.4 is 0 Å². The zero-order valence-electron chi connectivity index (χ0n) is 7.13. The Morgan fingerprint density at radius 1 is 1.27 bits per heavy atom. The van der Waals surface area contributed by atoms with Crippen LogP contribution in [0.4, 0.5) is 0 Å². The van der Waals surface area contributed by atoms with Crippen molar-refractivity contribution in [3.63, 3.8) is 0 Å². The number of nitrogens with zero attached hydrogens (tertiary/aromatic N) is 2. The number of allylic oxidation sites excluding steroid dienone is 2. The summed E-state index contributed by atoms with van der Waals surface area (Å²) in [6.07, 6.45) is 3.33. The van der Waals surface area contributed by atoms with E-state index in [0.29, 0.717) is 0 Å². The van der Waals surface area contributed by atoms with Crippen LogP contribution >= 0.6 is 0 Å². The molecule has 2 heteroatoms. The molecule has 0 N–H and O–H groups in total. The van der Waals surface area contributed by atoms with Crippen LogP contribution in [0, 0.1) is 0 Å². The van der Waals surface area contributed by atoms with Crippen LogP contribution in [0.2, 0.25) is 0 Å². The summed E-state index contributed by atoms with van der Waals surface area (Å²) < 4.78 is 0. The van der Waals surface area contributed by atoms with Gasteiger partial charge in [0.1, 0.15) is 6.33 Å². The Bertz CT molecular complexity index is 258. The zero-order valence-corrected chi connectivity index (χ0v) is 7.13. The topological polar surface area (TPSA) is 25.8 Å². The number of hydrogen-bond donors (Lipinski definition) is 0. The van der Waals surface area contributed by atoms with Crippen LogP contribution in [0.25, 0.3) is 5.57 Å². The molecule has 0 atom stereocenters. The molecule has 11 heavy (non-hydrogen) atoms. The summed E-state index contributed by atoms with van der Waals surface area (Å²) in [5.74, 6) is 0. The van der Waals surface area contributed by atoms with Crippen molar-refractivity contribution >= 4 is 5.57 Å². The molecule has 0 aliphatic rings. The summed E-state index contributed by atoms with van der Waals surface area (Å²) >= 11 is 0. The monoisotopic (exact) mass is 148 g/mol.